The van der Waals surface area contributed by atoms with Gasteiger partial charge in [-0.25, -0.2) is 9.59 Å². The van der Waals surface area contributed by atoms with Crippen molar-refractivity contribution >= 4 is 22.8 Å². The van der Waals surface area contributed by atoms with Crippen LogP contribution in [-0.4, -0.2) is 57.7 Å². The Labute approximate surface area is 195 Å². The molecule has 1 fully saturated rings. The molecule has 1 aliphatic rings. The number of carbonyl (C=O) groups excluding carboxylic acids is 1. The van der Waals surface area contributed by atoms with E-state index in [1.807, 2.05) is 69.5 Å². The molecule has 176 valence electrons. The number of anilines is 1. The van der Waals surface area contributed by atoms with Gasteiger partial charge in [0.15, 0.2) is 0 Å². The van der Waals surface area contributed by atoms with Crippen LogP contribution >= 0.6 is 0 Å². The number of carbonyl (C=O) groups is 1. The Kier molecular flexibility index (Phi) is 7.18. The largest absolute Gasteiger partial charge is 0.329 e. The third kappa shape index (κ3) is 4.83. The van der Waals surface area contributed by atoms with Crippen molar-refractivity contribution in [1.29, 1.82) is 0 Å². The monoisotopic (exact) mass is 449 g/mol. The molecule has 3 aromatic rings. The highest BCUT2D eigenvalue weighted by Crippen LogP contribution is 2.26. The third-order valence-electron chi connectivity index (χ3n) is 6.91. The molecule has 1 aromatic heterocycles. The van der Waals surface area contributed by atoms with Crippen molar-refractivity contribution in [2.75, 3.05) is 38.0 Å². The van der Waals surface area contributed by atoms with E-state index in [1.165, 1.54) is 0 Å². The van der Waals surface area contributed by atoms with Gasteiger partial charge in [-0.05, 0) is 56.6 Å². The lowest BCUT2D eigenvalue weighted by atomic mass is 10.0. The number of aryl methyl sites for hydroxylation is 1. The number of imidazole rings is 1. The fourth-order valence-electron chi connectivity index (χ4n) is 4.82. The first-order valence-corrected chi connectivity index (χ1v) is 12.1. The minimum atomic E-state index is -0.0725. The van der Waals surface area contributed by atoms with E-state index in [1.54, 1.807) is 0 Å². The first-order valence-electron chi connectivity index (χ1n) is 12.1. The van der Waals surface area contributed by atoms with E-state index in [4.69, 9.17) is 0 Å². The summed E-state index contributed by atoms with van der Waals surface area (Å²) in [7, 11) is 0. The molecule has 2 aromatic carbocycles. The highest BCUT2D eigenvalue weighted by Gasteiger charge is 2.27. The minimum absolute atomic E-state index is 0.0613. The van der Waals surface area contributed by atoms with Gasteiger partial charge < -0.3 is 15.1 Å². The number of piperidine rings is 1. The van der Waals surface area contributed by atoms with Crippen LogP contribution in [0.3, 0.4) is 0 Å². The second-order valence-electron chi connectivity index (χ2n) is 8.78. The van der Waals surface area contributed by atoms with Gasteiger partial charge in [0.25, 0.3) is 0 Å². The van der Waals surface area contributed by atoms with Crippen molar-refractivity contribution in [2.45, 2.75) is 46.2 Å². The van der Waals surface area contributed by atoms with Crippen LogP contribution in [0.1, 0.15) is 38.3 Å². The average Bonchev–Trinajstić information content (AvgIpc) is 3.12. The lowest BCUT2D eigenvalue weighted by molar-refractivity contribution is 0.183. The predicted octanol–water partition coefficient (Wildman–Crippen LogP) is 4.32. The zero-order chi connectivity index (χ0) is 23.4. The Balaban J connectivity index is 1.49. The van der Waals surface area contributed by atoms with Crippen molar-refractivity contribution in [3.8, 4) is 0 Å². The second-order valence-corrected chi connectivity index (χ2v) is 8.78. The number of rotatable bonds is 7. The zero-order valence-corrected chi connectivity index (χ0v) is 20.0. The van der Waals surface area contributed by atoms with Crippen molar-refractivity contribution in [1.82, 2.24) is 18.9 Å². The van der Waals surface area contributed by atoms with Gasteiger partial charge in [0, 0.05) is 37.9 Å². The Morgan fingerprint density at radius 3 is 2.30 bits per heavy atom. The molecule has 0 saturated carbocycles. The fraction of sp³-hybridized carbons (Fsp3) is 0.462. The maximum atomic E-state index is 13.5. The SMILES string of the molecule is CCN(CC)CCn1c(=O)n(C2CCN(C(=O)Nc3ccccc3C)CC2)c2ccccc21. The topological polar surface area (TPSA) is 62.5 Å². The van der Waals surface area contributed by atoms with Gasteiger partial charge in [0.1, 0.15) is 0 Å². The van der Waals surface area contributed by atoms with Gasteiger partial charge in [0.05, 0.1) is 11.0 Å². The number of likely N-dealkylation sites (N-methyl/N-ethyl adjacent to an activating group) is 1. The molecule has 0 bridgehead atoms. The van der Waals surface area contributed by atoms with Crippen LogP contribution in [0.15, 0.2) is 53.3 Å². The molecule has 0 radical (unpaired) electrons. The quantitative estimate of drug-likeness (QED) is 0.584. The number of aromatic nitrogens is 2. The molecule has 7 heteroatoms. The molecule has 0 spiro atoms. The van der Waals surface area contributed by atoms with E-state index in [0.29, 0.717) is 19.6 Å². The number of para-hydroxylation sites is 3. The fourth-order valence-corrected chi connectivity index (χ4v) is 4.82. The van der Waals surface area contributed by atoms with Crippen molar-refractivity contribution in [3.05, 3.63) is 64.6 Å². The molecule has 1 saturated heterocycles. The Bertz CT molecular complexity index is 1150. The summed E-state index contributed by atoms with van der Waals surface area (Å²) in [5.74, 6) is 0. The van der Waals surface area contributed by atoms with Crippen LogP contribution in [0, 0.1) is 6.92 Å². The van der Waals surface area contributed by atoms with E-state index in [0.717, 1.165) is 54.8 Å². The minimum Gasteiger partial charge on any atom is -0.324 e. The number of hydrogen-bond acceptors (Lipinski definition) is 3. The van der Waals surface area contributed by atoms with Crippen LogP contribution in [-0.2, 0) is 6.54 Å². The van der Waals surface area contributed by atoms with Crippen molar-refractivity contribution in [2.24, 2.45) is 0 Å². The number of urea groups is 1. The molecule has 0 unspecified atom stereocenters. The highest BCUT2D eigenvalue weighted by molar-refractivity contribution is 5.90. The van der Waals surface area contributed by atoms with Gasteiger partial charge in [-0.15, -0.1) is 0 Å². The maximum absolute atomic E-state index is 13.5. The van der Waals surface area contributed by atoms with Crippen LogP contribution in [0.25, 0.3) is 11.0 Å². The van der Waals surface area contributed by atoms with Gasteiger partial charge in [-0.1, -0.05) is 44.2 Å². The maximum Gasteiger partial charge on any atom is 0.329 e. The van der Waals surface area contributed by atoms with E-state index >= 15 is 0 Å². The molecular weight excluding hydrogens is 414 g/mol. The van der Waals surface area contributed by atoms with E-state index in [9.17, 15) is 9.59 Å². The summed E-state index contributed by atoms with van der Waals surface area (Å²) in [6.07, 6.45) is 1.54. The summed E-state index contributed by atoms with van der Waals surface area (Å²) in [4.78, 5) is 30.5. The number of fused-ring (bicyclic) bond motifs is 1. The number of hydrogen-bond donors (Lipinski definition) is 1. The van der Waals surface area contributed by atoms with Crippen LogP contribution in [0.4, 0.5) is 10.5 Å². The van der Waals surface area contributed by atoms with E-state index in [-0.39, 0.29) is 17.8 Å². The van der Waals surface area contributed by atoms with Gasteiger partial charge >= 0.3 is 11.7 Å². The summed E-state index contributed by atoms with van der Waals surface area (Å²) in [5, 5.41) is 3.03. The van der Waals surface area contributed by atoms with Crippen molar-refractivity contribution < 1.29 is 4.79 Å². The standard InChI is InChI=1S/C26H35N5O2/c1-4-28(5-2)18-19-30-23-12-8-9-13-24(23)31(26(30)33)21-14-16-29(17-15-21)25(32)27-22-11-7-6-10-20(22)3/h6-13,21H,4-5,14-19H2,1-3H3,(H,27,32). The van der Waals surface area contributed by atoms with Crippen LogP contribution < -0.4 is 11.0 Å². The molecule has 2 heterocycles. The first-order chi connectivity index (χ1) is 16.0. The zero-order valence-electron chi connectivity index (χ0n) is 20.0. The molecule has 33 heavy (non-hydrogen) atoms. The van der Waals surface area contributed by atoms with Crippen molar-refractivity contribution in [3.63, 3.8) is 0 Å². The molecule has 0 aliphatic carbocycles. The summed E-state index contributed by atoms with van der Waals surface area (Å²) in [6.45, 7) is 11.1. The summed E-state index contributed by atoms with van der Waals surface area (Å²) in [6, 6.07) is 15.9. The number of likely N-dealkylation sites (tertiary alicyclic amines) is 1. The molecule has 1 aliphatic heterocycles. The van der Waals surface area contributed by atoms with Gasteiger partial charge in [0.2, 0.25) is 0 Å². The van der Waals surface area contributed by atoms with Gasteiger partial charge in [-0.3, -0.25) is 9.13 Å². The summed E-state index contributed by atoms with van der Waals surface area (Å²) in [5.41, 5.74) is 3.94. The Morgan fingerprint density at radius 2 is 1.64 bits per heavy atom. The highest BCUT2D eigenvalue weighted by atomic mass is 16.2. The van der Waals surface area contributed by atoms with Gasteiger partial charge in [-0.2, -0.15) is 0 Å². The predicted molar refractivity (Wildman–Crippen MR) is 134 cm³/mol. The molecule has 2 amide bonds. The number of amides is 2. The Hall–Kier alpha value is -3.06. The first kappa shape index (κ1) is 23.1. The molecule has 4 rings (SSSR count). The average molecular weight is 450 g/mol. The number of benzene rings is 2. The molecular formula is C26H35N5O2. The number of nitrogens with zero attached hydrogens (tertiary/aromatic N) is 4. The summed E-state index contributed by atoms with van der Waals surface area (Å²) >= 11 is 0. The van der Waals surface area contributed by atoms with E-state index < -0.39 is 0 Å². The Morgan fingerprint density at radius 1 is 1.00 bits per heavy atom. The lowest BCUT2D eigenvalue weighted by Gasteiger charge is -2.32. The van der Waals surface area contributed by atoms with Crippen LogP contribution in [0.5, 0.6) is 0 Å². The molecule has 1 N–H and O–H groups in total. The molecule has 7 nitrogen and oxygen atoms in total. The molecule has 0 atom stereocenters. The normalized spacial score (nSPS) is 14.8. The van der Waals surface area contributed by atoms with Crippen LogP contribution in [0.2, 0.25) is 0 Å². The summed E-state index contributed by atoms with van der Waals surface area (Å²) < 4.78 is 3.89. The van der Waals surface area contributed by atoms with E-state index in [2.05, 4.69) is 24.1 Å². The number of nitrogens with one attached hydrogen (secondary N) is 1. The smallest absolute Gasteiger partial charge is 0.324 e. The lowest BCUT2D eigenvalue weighted by Crippen LogP contribution is -2.43. The second kappa shape index (κ2) is 10.3. The third-order valence-corrected chi connectivity index (χ3v) is 6.91.